The summed E-state index contributed by atoms with van der Waals surface area (Å²) in [5, 5.41) is 9.18. The van der Waals surface area contributed by atoms with Crippen LogP contribution in [0.5, 0.6) is 5.75 Å². The van der Waals surface area contributed by atoms with Crippen LogP contribution < -0.4 is 4.74 Å². The summed E-state index contributed by atoms with van der Waals surface area (Å²) in [4.78, 5) is 10.7. The summed E-state index contributed by atoms with van der Waals surface area (Å²) in [7, 11) is 0. The minimum atomic E-state index is -0.537. The van der Waals surface area contributed by atoms with Crippen LogP contribution in [0.25, 0.3) is 0 Å². The Balaban J connectivity index is 2.94. The first kappa shape index (κ1) is 11.5. The zero-order valence-corrected chi connectivity index (χ0v) is 8.99. The third kappa shape index (κ3) is 2.97. The van der Waals surface area contributed by atoms with E-state index in [2.05, 4.69) is 0 Å². The molecule has 1 aromatic rings. The lowest BCUT2D eigenvalue weighted by Gasteiger charge is -2.11. The molecule has 15 heavy (non-hydrogen) atoms. The van der Waals surface area contributed by atoms with Crippen molar-refractivity contribution in [2.24, 2.45) is 0 Å². The largest absolute Gasteiger partial charge is 0.475 e. The fraction of sp³-hybridized carbons (Fsp3) is 0.273. The van der Waals surface area contributed by atoms with Gasteiger partial charge in [-0.25, -0.2) is 0 Å². The Morgan fingerprint density at radius 1 is 1.67 bits per heavy atom. The fourth-order valence-corrected chi connectivity index (χ4v) is 1.25. The van der Waals surface area contributed by atoms with Gasteiger partial charge in [0.15, 0.2) is 12.4 Å². The molecule has 0 saturated heterocycles. The molecule has 1 rings (SSSR count). The number of hydrogen-bond donors (Lipinski definition) is 0. The molecule has 1 aromatic carbocycles. The standard InChI is InChI=1S/C11H10ClNO2/c1-2-10(6-13)15-11-4-3-9(12)5-8(11)7-14/h3-5,7,10H,2H2,1H3. The summed E-state index contributed by atoms with van der Waals surface area (Å²) in [5.41, 5.74) is 0.358. The van der Waals surface area contributed by atoms with Crippen molar-refractivity contribution in [3.8, 4) is 11.8 Å². The number of nitriles is 1. The zero-order valence-electron chi connectivity index (χ0n) is 8.24. The molecule has 0 amide bonds. The van der Waals surface area contributed by atoms with Crippen LogP contribution in [0, 0.1) is 11.3 Å². The second kappa shape index (κ2) is 5.38. The SMILES string of the molecule is CCC(C#N)Oc1ccc(Cl)cc1C=O. The number of halogens is 1. The first-order valence-electron chi connectivity index (χ1n) is 4.52. The molecule has 1 atom stereocenters. The van der Waals surface area contributed by atoms with Gasteiger partial charge in [0.1, 0.15) is 11.8 Å². The van der Waals surface area contributed by atoms with Crippen molar-refractivity contribution in [3.05, 3.63) is 28.8 Å². The molecule has 0 N–H and O–H groups in total. The molecule has 4 heteroatoms. The molecule has 0 aliphatic heterocycles. The van der Waals surface area contributed by atoms with Gasteiger partial charge in [-0.2, -0.15) is 5.26 Å². The summed E-state index contributed by atoms with van der Waals surface area (Å²) in [5.74, 6) is 0.391. The van der Waals surface area contributed by atoms with Crippen LogP contribution in [0.2, 0.25) is 5.02 Å². The smallest absolute Gasteiger partial charge is 0.184 e. The van der Waals surface area contributed by atoms with E-state index in [1.807, 2.05) is 13.0 Å². The van der Waals surface area contributed by atoms with E-state index < -0.39 is 6.10 Å². The lowest BCUT2D eigenvalue weighted by atomic mass is 10.2. The molecule has 0 radical (unpaired) electrons. The van der Waals surface area contributed by atoms with Crippen LogP contribution in [0.4, 0.5) is 0 Å². The van der Waals surface area contributed by atoms with E-state index in [4.69, 9.17) is 21.6 Å². The average molecular weight is 224 g/mol. The molecule has 0 fully saturated rings. The minimum absolute atomic E-state index is 0.358. The van der Waals surface area contributed by atoms with E-state index in [0.717, 1.165) is 0 Å². The number of ether oxygens (including phenoxy) is 1. The Morgan fingerprint density at radius 3 is 2.93 bits per heavy atom. The van der Waals surface area contributed by atoms with Gasteiger partial charge in [0, 0.05) is 5.02 Å². The maximum atomic E-state index is 10.7. The van der Waals surface area contributed by atoms with Gasteiger partial charge in [-0.1, -0.05) is 18.5 Å². The average Bonchev–Trinajstić information content (AvgIpc) is 2.27. The number of carbonyl (C=O) groups is 1. The molecule has 0 aliphatic rings. The monoisotopic (exact) mass is 223 g/mol. The second-order valence-corrected chi connectivity index (χ2v) is 3.38. The highest BCUT2D eigenvalue weighted by Crippen LogP contribution is 2.22. The maximum absolute atomic E-state index is 10.7. The first-order chi connectivity index (χ1) is 7.21. The van der Waals surface area contributed by atoms with Crippen molar-refractivity contribution in [2.75, 3.05) is 0 Å². The van der Waals surface area contributed by atoms with E-state index in [1.54, 1.807) is 12.1 Å². The Kier molecular flexibility index (Phi) is 4.14. The van der Waals surface area contributed by atoms with E-state index in [0.29, 0.717) is 29.0 Å². The highest BCUT2D eigenvalue weighted by atomic mass is 35.5. The summed E-state index contributed by atoms with van der Waals surface area (Å²) in [6.45, 7) is 1.84. The summed E-state index contributed by atoms with van der Waals surface area (Å²) < 4.78 is 5.34. The van der Waals surface area contributed by atoms with Gasteiger partial charge in [0.25, 0.3) is 0 Å². The number of aldehydes is 1. The van der Waals surface area contributed by atoms with E-state index in [9.17, 15) is 4.79 Å². The van der Waals surface area contributed by atoms with E-state index in [1.165, 1.54) is 6.07 Å². The number of rotatable bonds is 4. The van der Waals surface area contributed by atoms with E-state index >= 15 is 0 Å². The van der Waals surface area contributed by atoms with Gasteiger partial charge < -0.3 is 4.74 Å². The Hall–Kier alpha value is -1.53. The molecular formula is C11H10ClNO2. The predicted octanol–water partition coefficient (Wildman–Crippen LogP) is 2.83. The molecule has 0 spiro atoms. The van der Waals surface area contributed by atoms with Gasteiger partial charge in [-0.15, -0.1) is 0 Å². The third-order valence-corrected chi connectivity index (χ3v) is 2.12. The Labute approximate surface area is 93.2 Å². The molecular weight excluding hydrogens is 214 g/mol. The number of hydrogen-bond acceptors (Lipinski definition) is 3. The van der Waals surface area contributed by atoms with Crippen molar-refractivity contribution in [1.29, 1.82) is 5.26 Å². The molecule has 0 saturated carbocycles. The fourth-order valence-electron chi connectivity index (χ4n) is 1.07. The molecule has 3 nitrogen and oxygen atoms in total. The van der Waals surface area contributed by atoms with Crippen molar-refractivity contribution >= 4 is 17.9 Å². The summed E-state index contributed by atoms with van der Waals surface area (Å²) >= 11 is 5.72. The lowest BCUT2D eigenvalue weighted by Crippen LogP contribution is -2.13. The number of carbonyl (C=O) groups excluding carboxylic acids is 1. The summed E-state index contributed by atoms with van der Waals surface area (Å²) in [6, 6.07) is 6.71. The van der Waals surface area contributed by atoms with Crippen LogP contribution in [0.1, 0.15) is 23.7 Å². The Morgan fingerprint density at radius 2 is 2.40 bits per heavy atom. The summed E-state index contributed by atoms with van der Waals surface area (Å²) in [6.07, 6.45) is 0.688. The van der Waals surface area contributed by atoms with Crippen LogP contribution in [-0.4, -0.2) is 12.4 Å². The first-order valence-corrected chi connectivity index (χ1v) is 4.90. The van der Waals surface area contributed by atoms with E-state index in [-0.39, 0.29) is 0 Å². The van der Waals surface area contributed by atoms with Crippen molar-refractivity contribution in [1.82, 2.24) is 0 Å². The van der Waals surface area contributed by atoms with Gasteiger partial charge in [-0.3, -0.25) is 4.79 Å². The molecule has 0 aliphatic carbocycles. The lowest BCUT2D eigenvalue weighted by molar-refractivity contribution is 0.111. The molecule has 1 unspecified atom stereocenters. The predicted molar refractivity (Wildman–Crippen MR) is 57.2 cm³/mol. The third-order valence-electron chi connectivity index (χ3n) is 1.88. The number of benzene rings is 1. The topological polar surface area (TPSA) is 50.1 Å². The molecule has 0 heterocycles. The molecule has 0 bridgehead atoms. The highest BCUT2D eigenvalue weighted by Gasteiger charge is 2.09. The van der Waals surface area contributed by atoms with Gasteiger partial charge in [-0.05, 0) is 24.6 Å². The molecule has 0 aromatic heterocycles. The van der Waals surface area contributed by atoms with Gasteiger partial charge in [0.2, 0.25) is 0 Å². The number of nitrogens with zero attached hydrogens (tertiary/aromatic N) is 1. The maximum Gasteiger partial charge on any atom is 0.184 e. The van der Waals surface area contributed by atoms with Crippen LogP contribution in [0.3, 0.4) is 0 Å². The van der Waals surface area contributed by atoms with Crippen LogP contribution in [-0.2, 0) is 0 Å². The van der Waals surface area contributed by atoms with Gasteiger partial charge in [0.05, 0.1) is 5.56 Å². The minimum Gasteiger partial charge on any atom is -0.475 e. The van der Waals surface area contributed by atoms with Crippen molar-refractivity contribution < 1.29 is 9.53 Å². The Bertz CT molecular complexity index is 398. The van der Waals surface area contributed by atoms with Crippen LogP contribution >= 0.6 is 11.6 Å². The van der Waals surface area contributed by atoms with Crippen molar-refractivity contribution in [2.45, 2.75) is 19.4 Å². The quantitative estimate of drug-likeness (QED) is 0.738. The zero-order chi connectivity index (χ0) is 11.3. The molecule has 78 valence electrons. The normalized spacial score (nSPS) is 11.5. The second-order valence-electron chi connectivity index (χ2n) is 2.94. The van der Waals surface area contributed by atoms with Gasteiger partial charge >= 0.3 is 0 Å². The van der Waals surface area contributed by atoms with Crippen LogP contribution in [0.15, 0.2) is 18.2 Å². The highest BCUT2D eigenvalue weighted by molar-refractivity contribution is 6.30. The van der Waals surface area contributed by atoms with Crippen molar-refractivity contribution in [3.63, 3.8) is 0 Å².